The Morgan fingerprint density at radius 1 is 1.26 bits per heavy atom. The van der Waals surface area contributed by atoms with Crippen LogP contribution in [0.25, 0.3) is 0 Å². The average Bonchev–Trinajstić information content (AvgIpc) is 2.40. The first-order chi connectivity index (χ1) is 9.10. The molecule has 2 aromatic rings. The molecule has 0 aliphatic heterocycles. The summed E-state index contributed by atoms with van der Waals surface area (Å²) >= 11 is 3.41. The lowest BCUT2D eigenvalue weighted by atomic mass is 10.2. The zero-order chi connectivity index (χ0) is 13.8. The number of rotatable bonds is 4. The van der Waals surface area contributed by atoms with Gasteiger partial charge in [0.15, 0.2) is 0 Å². The maximum absolute atomic E-state index is 13.3. The van der Waals surface area contributed by atoms with Gasteiger partial charge in [0, 0.05) is 22.3 Å². The highest BCUT2D eigenvalue weighted by Gasteiger charge is 2.05. The predicted octanol–water partition coefficient (Wildman–Crippen LogP) is 3.79. The number of ether oxygens (including phenoxy) is 1. The Morgan fingerprint density at radius 3 is 2.74 bits per heavy atom. The van der Waals surface area contributed by atoms with Gasteiger partial charge in [-0.05, 0) is 36.4 Å². The largest absolute Gasteiger partial charge is 0.496 e. The van der Waals surface area contributed by atoms with E-state index < -0.39 is 5.82 Å². The minimum Gasteiger partial charge on any atom is -0.496 e. The Morgan fingerprint density at radius 2 is 2.05 bits per heavy atom. The minimum atomic E-state index is -0.425. The van der Waals surface area contributed by atoms with Crippen LogP contribution in [0.15, 0.2) is 40.9 Å². The molecule has 0 amide bonds. The molecule has 100 valence electrons. The monoisotopic (exact) mass is 324 g/mol. The zero-order valence-electron chi connectivity index (χ0n) is 10.4. The Hall–Kier alpha value is -1.75. The van der Waals surface area contributed by atoms with Crippen LogP contribution in [0, 0.1) is 5.82 Å². The Kier molecular flexibility index (Phi) is 4.27. The van der Waals surface area contributed by atoms with Crippen molar-refractivity contribution in [1.82, 2.24) is 0 Å². The van der Waals surface area contributed by atoms with Gasteiger partial charge in [0.05, 0.1) is 12.8 Å². The van der Waals surface area contributed by atoms with Gasteiger partial charge < -0.3 is 15.8 Å². The fourth-order valence-electron chi connectivity index (χ4n) is 1.72. The molecule has 0 aliphatic rings. The van der Waals surface area contributed by atoms with Crippen LogP contribution in [0.5, 0.6) is 5.75 Å². The highest BCUT2D eigenvalue weighted by molar-refractivity contribution is 9.10. The van der Waals surface area contributed by atoms with E-state index in [1.165, 1.54) is 12.1 Å². The first-order valence-electron chi connectivity index (χ1n) is 5.71. The third kappa shape index (κ3) is 3.38. The van der Waals surface area contributed by atoms with Crippen molar-refractivity contribution in [3.8, 4) is 5.75 Å². The Balaban J connectivity index is 2.13. The molecule has 2 aromatic carbocycles. The van der Waals surface area contributed by atoms with E-state index in [-0.39, 0.29) is 5.69 Å². The minimum absolute atomic E-state index is 0.144. The molecule has 19 heavy (non-hydrogen) atoms. The second kappa shape index (κ2) is 5.93. The molecule has 0 bridgehead atoms. The predicted molar refractivity (Wildman–Crippen MR) is 78.8 cm³/mol. The molecule has 5 heteroatoms. The van der Waals surface area contributed by atoms with Crippen molar-refractivity contribution in [2.24, 2.45) is 0 Å². The SMILES string of the molecule is COc1ccc(Br)cc1CNc1ccc(N)c(F)c1. The molecule has 0 fully saturated rings. The summed E-state index contributed by atoms with van der Waals surface area (Å²) in [5.74, 6) is 0.359. The van der Waals surface area contributed by atoms with E-state index in [9.17, 15) is 4.39 Å². The normalized spacial score (nSPS) is 10.3. The fourth-order valence-corrected chi connectivity index (χ4v) is 2.13. The molecule has 0 saturated heterocycles. The van der Waals surface area contributed by atoms with Gasteiger partial charge in [-0.1, -0.05) is 15.9 Å². The van der Waals surface area contributed by atoms with E-state index in [1.807, 2.05) is 18.2 Å². The Labute approximate surface area is 119 Å². The smallest absolute Gasteiger partial charge is 0.148 e. The molecular formula is C14H14BrFN2O. The number of nitrogens with two attached hydrogens (primary N) is 1. The molecule has 3 N–H and O–H groups in total. The summed E-state index contributed by atoms with van der Waals surface area (Å²) in [5, 5.41) is 3.13. The van der Waals surface area contributed by atoms with E-state index in [1.54, 1.807) is 13.2 Å². The maximum Gasteiger partial charge on any atom is 0.148 e. The van der Waals surface area contributed by atoms with Crippen LogP contribution in [-0.2, 0) is 6.54 Å². The standard InChI is InChI=1S/C14H14BrFN2O/c1-19-14-5-2-10(15)6-9(14)8-18-11-3-4-13(17)12(16)7-11/h2-7,18H,8,17H2,1H3. The fraction of sp³-hybridized carbons (Fsp3) is 0.143. The molecule has 0 aromatic heterocycles. The van der Waals surface area contributed by atoms with Gasteiger partial charge in [0.2, 0.25) is 0 Å². The third-order valence-electron chi connectivity index (χ3n) is 2.73. The van der Waals surface area contributed by atoms with Crippen LogP contribution < -0.4 is 15.8 Å². The van der Waals surface area contributed by atoms with Crippen molar-refractivity contribution < 1.29 is 9.13 Å². The third-order valence-corrected chi connectivity index (χ3v) is 3.22. The van der Waals surface area contributed by atoms with E-state index in [0.29, 0.717) is 12.2 Å². The van der Waals surface area contributed by atoms with Crippen molar-refractivity contribution >= 4 is 27.3 Å². The molecule has 3 nitrogen and oxygen atoms in total. The maximum atomic E-state index is 13.3. The lowest BCUT2D eigenvalue weighted by molar-refractivity contribution is 0.410. The molecule has 0 unspecified atom stereocenters. The summed E-state index contributed by atoms with van der Waals surface area (Å²) in [6, 6.07) is 10.4. The van der Waals surface area contributed by atoms with Crippen LogP contribution in [0.3, 0.4) is 0 Å². The van der Waals surface area contributed by atoms with Crippen molar-refractivity contribution in [3.05, 3.63) is 52.3 Å². The number of nitrogen functional groups attached to an aromatic ring is 1. The van der Waals surface area contributed by atoms with Gasteiger partial charge in [0.1, 0.15) is 11.6 Å². The van der Waals surface area contributed by atoms with E-state index in [4.69, 9.17) is 10.5 Å². The lowest BCUT2D eigenvalue weighted by Gasteiger charge is -2.11. The van der Waals surface area contributed by atoms with Crippen molar-refractivity contribution in [2.75, 3.05) is 18.2 Å². The Bertz CT molecular complexity index is 590. The molecule has 0 heterocycles. The van der Waals surface area contributed by atoms with Gasteiger partial charge in [0.25, 0.3) is 0 Å². The molecule has 0 aliphatic carbocycles. The van der Waals surface area contributed by atoms with Crippen LogP contribution in [-0.4, -0.2) is 7.11 Å². The van der Waals surface area contributed by atoms with E-state index in [0.717, 1.165) is 15.8 Å². The molecule has 0 radical (unpaired) electrons. The molecule has 2 rings (SSSR count). The van der Waals surface area contributed by atoms with Crippen molar-refractivity contribution in [2.45, 2.75) is 6.54 Å². The van der Waals surface area contributed by atoms with Crippen molar-refractivity contribution in [3.63, 3.8) is 0 Å². The molecule has 0 spiro atoms. The number of anilines is 2. The van der Waals surface area contributed by atoms with E-state index in [2.05, 4.69) is 21.2 Å². The summed E-state index contributed by atoms with van der Waals surface area (Å²) < 4.78 is 19.6. The highest BCUT2D eigenvalue weighted by atomic mass is 79.9. The van der Waals surface area contributed by atoms with Gasteiger partial charge in [-0.15, -0.1) is 0 Å². The summed E-state index contributed by atoms with van der Waals surface area (Å²) in [4.78, 5) is 0. The summed E-state index contributed by atoms with van der Waals surface area (Å²) in [5.41, 5.74) is 7.23. The second-order valence-electron chi connectivity index (χ2n) is 4.05. The molecule has 0 saturated carbocycles. The number of hydrogen-bond acceptors (Lipinski definition) is 3. The summed E-state index contributed by atoms with van der Waals surface area (Å²) in [6.45, 7) is 0.534. The number of hydrogen-bond donors (Lipinski definition) is 2. The average molecular weight is 325 g/mol. The van der Waals surface area contributed by atoms with Gasteiger partial charge in [-0.2, -0.15) is 0 Å². The summed E-state index contributed by atoms with van der Waals surface area (Å²) in [6.07, 6.45) is 0. The molecular weight excluding hydrogens is 311 g/mol. The van der Waals surface area contributed by atoms with Crippen LogP contribution in [0.4, 0.5) is 15.8 Å². The summed E-state index contributed by atoms with van der Waals surface area (Å²) in [7, 11) is 1.62. The van der Waals surface area contributed by atoms with Crippen LogP contribution in [0.1, 0.15) is 5.56 Å². The van der Waals surface area contributed by atoms with Gasteiger partial charge in [-0.25, -0.2) is 4.39 Å². The number of benzene rings is 2. The van der Waals surface area contributed by atoms with Crippen LogP contribution in [0.2, 0.25) is 0 Å². The van der Waals surface area contributed by atoms with Gasteiger partial charge >= 0.3 is 0 Å². The molecule has 0 atom stereocenters. The van der Waals surface area contributed by atoms with Gasteiger partial charge in [-0.3, -0.25) is 0 Å². The zero-order valence-corrected chi connectivity index (χ0v) is 12.0. The first-order valence-corrected chi connectivity index (χ1v) is 6.51. The number of methoxy groups -OCH3 is 1. The quantitative estimate of drug-likeness (QED) is 0.841. The van der Waals surface area contributed by atoms with Crippen molar-refractivity contribution in [1.29, 1.82) is 0 Å². The first kappa shape index (κ1) is 13.7. The topological polar surface area (TPSA) is 47.3 Å². The van der Waals surface area contributed by atoms with Crippen LogP contribution >= 0.6 is 15.9 Å². The lowest BCUT2D eigenvalue weighted by Crippen LogP contribution is -2.02. The van der Waals surface area contributed by atoms with E-state index >= 15 is 0 Å². The highest BCUT2D eigenvalue weighted by Crippen LogP contribution is 2.24. The number of nitrogens with one attached hydrogen (secondary N) is 1. The second-order valence-corrected chi connectivity index (χ2v) is 4.96. The number of halogens is 2.